The molecule has 2 aromatic rings. The van der Waals surface area contributed by atoms with Gasteiger partial charge < -0.3 is 16.0 Å². The summed E-state index contributed by atoms with van der Waals surface area (Å²) in [4.78, 5) is 42.3. The van der Waals surface area contributed by atoms with Gasteiger partial charge in [-0.3, -0.25) is 19.4 Å². The summed E-state index contributed by atoms with van der Waals surface area (Å²) in [5.41, 5.74) is 6.66. The molecule has 0 bridgehead atoms. The summed E-state index contributed by atoms with van der Waals surface area (Å²) in [6.07, 6.45) is 5.33. The first kappa shape index (κ1) is 18.6. The molecule has 2 atom stereocenters. The topological polar surface area (TPSA) is 105 Å². The summed E-state index contributed by atoms with van der Waals surface area (Å²) >= 11 is 0. The molecule has 1 aliphatic rings. The summed E-state index contributed by atoms with van der Waals surface area (Å²) in [6.45, 7) is 1.95. The number of nitrogens with one attached hydrogen (secondary N) is 1. The van der Waals surface area contributed by atoms with Gasteiger partial charge in [0.05, 0.1) is 23.5 Å². The summed E-state index contributed by atoms with van der Waals surface area (Å²) in [5, 5.41) is 2.53. The van der Waals surface area contributed by atoms with Crippen molar-refractivity contribution < 1.29 is 15.8 Å². The quantitative estimate of drug-likeness (QED) is 0.812. The molecule has 1 fully saturated rings. The minimum absolute atomic E-state index is 0. The SMILES string of the molecule is C[C@H]1CCC[C@@H](c2ccccc2)N1C(=O)C(=O)Nc1cncc(C(N)=O)c1.[HH]. The molecular formula is C20H24N4O3. The number of amides is 3. The third-order valence-electron chi connectivity index (χ3n) is 4.80. The minimum atomic E-state index is -0.756. The van der Waals surface area contributed by atoms with Crippen molar-refractivity contribution in [2.75, 3.05) is 5.32 Å². The van der Waals surface area contributed by atoms with Crippen LogP contribution in [0.15, 0.2) is 48.8 Å². The third-order valence-corrected chi connectivity index (χ3v) is 4.80. The van der Waals surface area contributed by atoms with Crippen LogP contribution in [0.3, 0.4) is 0 Å². The van der Waals surface area contributed by atoms with Crippen molar-refractivity contribution in [3.63, 3.8) is 0 Å². The molecule has 1 aromatic carbocycles. The molecule has 27 heavy (non-hydrogen) atoms. The van der Waals surface area contributed by atoms with Gasteiger partial charge in [-0.2, -0.15) is 0 Å². The van der Waals surface area contributed by atoms with Crippen LogP contribution in [0.1, 0.15) is 49.6 Å². The van der Waals surface area contributed by atoms with Crippen LogP contribution < -0.4 is 11.1 Å². The van der Waals surface area contributed by atoms with E-state index in [-0.39, 0.29) is 24.8 Å². The minimum Gasteiger partial charge on any atom is -0.366 e. The molecule has 0 spiro atoms. The Labute approximate surface area is 159 Å². The van der Waals surface area contributed by atoms with Crippen LogP contribution >= 0.6 is 0 Å². The molecule has 0 aliphatic carbocycles. The lowest BCUT2D eigenvalue weighted by Gasteiger charge is -2.40. The molecule has 0 radical (unpaired) electrons. The molecule has 0 unspecified atom stereocenters. The molecule has 7 heteroatoms. The van der Waals surface area contributed by atoms with Crippen molar-refractivity contribution in [1.29, 1.82) is 0 Å². The van der Waals surface area contributed by atoms with Gasteiger partial charge in [-0.1, -0.05) is 30.3 Å². The Morgan fingerprint density at radius 2 is 1.93 bits per heavy atom. The van der Waals surface area contributed by atoms with E-state index in [1.54, 1.807) is 4.90 Å². The van der Waals surface area contributed by atoms with Gasteiger partial charge in [0.2, 0.25) is 5.91 Å². The highest BCUT2D eigenvalue weighted by Crippen LogP contribution is 2.34. The number of pyridine rings is 1. The van der Waals surface area contributed by atoms with Crippen molar-refractivity contribution in [2.45, 2.75) is 38.3 Å². The largest absolute Gasteiger partial charge is 0.366 e. The number of carbonyl (C=O) groups is 3. The molecular weight excluding hydrogens is 344 g/mol. The Kier molecular flexibility index (Phi) is 5.49. The highest BCUT2D eigenvalue weighted by atomic mass is 16.2. The Balaban J connectivity index is 0.00000280. The van der Waals surface area contributed by atoms with Gasteiger partial charge in [0.15, 0.2) is 0 Å². The van der Waals surface area contributed by atoms with Gasteiger partial charge in [0, 0.05) is 13.7 Å². The van der Waals surface area contributed by atoms with Gasteiger partial charge in [-0.05, 0) is 37.8 Å². The number of aromatic nitrogens is 1. The molecule has 3 N–H and O–H groups in total. The molecule has 2 heterocycles. The van der Waals surface area contributed by atoms with Gasteiger partial charge in [0.1, 0.15) is 0 Å². The second-order valence-electron chi connectivity index (χ2n) is 6.70. The Morgan fingerprint density at radius 1 is 1.19 bits per heavy atom. The average Bonchev–Trinajstić information content (AvgIpc) is 2.68. The molecule has 3 rings (SSSR count). The van der Waals surface area contributed by atoms with E-state index in [4.69, 9.17) is 5.73 Å². The smallest absolute Gasteiger partial charge is 0.313 e. The Bertz CT molecular complexity index is 860. The van der Waals surface area contributed by atoms with E-state index in [1.807, 2.05) is 37.3 Å². The van der Waals surface area contributed by atoms with Crippen molar-refractivity contribution >= 4 is 23.4 Å². The maximum atomic E-state index is 12.9. The number of benzene rings is 1. The molecule has 1 saturated heterocycles. The molecule has 0 saturated carbocycles. The molecule has 142 valence electrons. The summed E-state index contributed by atoms with van der Waals surface area (Å²) in [5.74, 6) is -2.01. The van der Waals surface area contributed by atoms with Crippen molar-refractivity contribution in [3.05, 3.63) is 59.9 Å². The van der Waals surface area contributed by atoms with E-state index in [0.29, 0.717) is 0 Å². The highest BCUT2D eigenvalue weighted by molar-refractivity contribution is 6.39. The van der Waals surface area contributed by atoms with Crippen LogP contribution in [0.2, 0.25) is 0 Å². The van der Waals surface area contributed by atoms with Gasteiger partial charge >= 0.3 is 11.8 Å². The number of nitrogens with zero attached hydrogens (tertiary/aromatic N) is 2. The molecule has 1 aliphatic heterocycles. The number of nitrogens with two attached hydrogens (primary N) is 1. The van der Waals surface area contributed by atoms with Crippen molar-refractivity contribution in [1.82, 2.24) is 9.88 Å². The van der Waals surface area contributed by atoms with E-state index in [1.165, 1.54) is 18.5 Å². The number of piperidine rings is 1. The van der Waals surface area contributed by atoms with Crippen LogP contribution in [0.25, 0.3) is 0 Å². The number of hydrogen-bond acceptors (Lipinski definition) is 4. The standard InChI is InChI=1S/C20H22N4O3.H2/c1-13-6-5-9-17(14-7-3-2-4-8-14)24(13)20(27)19(26)23-16-10-15(18(21)25)11-22-12-16;/h2-4,7-8,10-13,17H,5-6,9H2,1H3,(H2,21,25)(H,23,26);1H/t13-,17-;/m0./s1. The first-order chi connectivity index (χ1) is 13.0. The van der Waals surface area contributed by atoms with Crippen LogP contribution in [-0.2, 0) is 9.59 Å². The monoisotopic (exact) mass is 368 g/mol. The Hall–Kier alpha value is -3.22. The third kappa shape index (κ3) is 4.13. The lowest BCUT2D eigenvalue weighted by molar-refractivity contribution is -0.148. The molecule has 3 amide bonds. The fourth-order valence-corrected chi connectivity index (χ4v) is 3.48. The van der Waals surface area contributed by atoms with E-state index in [0.717, 1.165) is 24.8 Å². The predicted octanol–water partition coefficient (Wildman–Crippen LogP) is 2.51. The second-order valence-corrected chi connectivity index (χ2v) is 6.70. The van der Waals surface area contributed by atoms with Crippen LogP contribution in [-0.4, -0.2) is 33.6 Å². The first-order valence-electron chi connectivity index (χ1n) is 8.91. The van der Waals surface area contributed by atoms with E-state index in [2.05, 4.69) is 10.3 Å². The number of primary amides is 1. The molecule has 7 nitrogen and oxygen atoms in total. The zero-order chi connectivity index (χ0) is 19.4. The van der Waals surface area contributed by atoms with Gasteiger partial charge in [-0.25, -0.2) is 0 Å². The Morgan fingerprint density at radius 3 is 2.63 bits per heavy atom. The fourth-order valence-electron chi connectivity index (χ4n) is 3.48. The van der Waals surface area contributed by atoms with E-state index in [9.17, 15) is 14.4 Å². The second kappa shape index (κ2) is 7.99. The van der Waals surface area contributed by atoms with E-state index >= 15 is 0 Å². The number of likely N-dealkylation sites (tertiary alicyclic amines) is 1. The van der Waals surface area contributed by atoms with Crippen molar-refractivity contribution in [3.8, 4) is 0 Å². The number of hydrogen-bond donors (Lipinski definition) is 2. The lowest BCUT2D eigenvalue weighted by Crippen LogP contribution is -2.48. The maximum absolute atomic E-state index is 12.9. The van der Waals surface area contributed by atoms with Crippen LogP contribution in [0, 0.1) is 0 Å². The number of carbonyl (C=O) groups excluding carboxylic acids is 3. The summed E-state index contributed by atoms with van der Waals surface area (Å²) < 4.78 is 0. The van der Waals surface area contributed by atoms with E-state index < -0.39 is 17.7 Å². The predicted molar refractivity (Wildman–Crippen MR) is 103 cm³/mol. The average molecular weight is 368 g/mol. The summed E-state index contributed by atoms with van der Waals surface area (Å²) in [6, 6.07) is 10.9. The summed E-state index contributed by atoms with van der Waals surface area (Å²) in [7, 11) is 0. The molecule has 1 aromatic heterocycles. The lowest BCUT2D eigenvalue weighted by atomic mass is 9.91. The zero-order valence-electron chi connectivity index (χ0n) is 15.1. The van der Waals surface area contributed by atoms with Gasteiger partial charge in [0.25, 0.3) is 0 Å². The van der Waals surface area contributed by atoms with Gasteiger partial charge in [-0.15, -0.1) is 0 Å². The fraction of sp³-hybridized carbons (Fsp3) is 0.300. The zero-order valence-corrected chi connectivity index (χ0v) is 15.1. The van der Waals surface area contributed by atoms with Crippen molar-refractivity contribution in [2.24, 2.45) is 5.73 Å². The number of anilines is 1. The van der Waals surface area contributed by atoms with Crippen LogP contribution in [0.4, 0.5) is 5.69 Å². The highest BCUT2D eigenvalue weighted by Gasteiger charge is 2.35. The van der Waals surface area contributed by atoms with Crippen LogP contribution in [0.5, 0.6) is 0 Å². The maximum Gasteiger partial charge on any atom is 0.313 e. The normalized spacial score (nSPS) is 19.4. The number of rotatable bonds is 3. The first-order valence-corrected chi connectivity index (χ1v) is 8.91.